The smallest absolute Gasteiger partial charge is 0.225 e. The zero-order valence-corrected chi connectivity index (χ0v) is 16.5. The van der Waals surface area contributed by atoms with Gasteiger partial charge in [-0.2, -0.15) is 0 Å². The highest BCUT2D eigenvalue weighted by Crippen LogP contribution is 2.32. The van der Waals surface area contributed by atoms with E-state index in [0.717, 1.165) is 36.7 Å². The van der Waals surface area contributed by atoms with Crippen LogP contribution in [-0.2, 0) is 22.6 Å². The second kappa shape index (κ2) is 8.05. The number of fused-ring (bicyclic) bond motifs is 2. The van der Waals surface area contributed by atoms with Crippen LogP contribution < -0.4 is 9.47 Å². The van der Waals surface area contributed by atoms with Gasteiger partial charge in [0.1, 0.15) is 13.2 Å². The van der Waals surface area contributed by atoms with Gasteiger partial charge in [0.05, 0.1) is 25.2 Å². The van der Waals surface area contributed by atoms with Gasteiger partial charge in [0.2, 0.25) is 5.91 Å². The maximum atomic E-state index is 12.8. The van der Waals surface area contributed by atoms with Crippen molar-refractivity contribution < 1.29 is 19.0 Å². The molecule has 0 spiro atoms. The molecule has 6 nitrogen and oxygen atoms in total. The lowest BCUT2D eigenvalue weighted by molar-refractivity contribution is -0.133. The lowest BCUT2D eigenvalue weighted by Crippen LogP contribution is -2.45. The summed E-state index contributed by atoms with van der Waals surface area (Å²) in [6.45, 7) is 4.79. The van der Waals surface area contributed by atoms with Crippen molar-refractivity contribution in [2.45, 2.75) is 31.7 Å². The van der Waals surface area contributed by atoms with Crippen LogP contribution in [0.15, 0.2) is 48.5 Å². The summed E-state index contributed by atoms with van der Waals surface area (Å²) in [6.07, 6.45) is 0.518. The van der Waals surface area contributed by atoms with Gasteiger partial charge >= 0.3 is 0 Å². The minimum absolute atomic E-state index is 0.0578. The molecule has 0 N–H and O–H groups in total. The van der Waals surface area contributed by atoms with E-state index < -0.39 is 0 Å². The predicted molar refractivity (Wildman–Crippen MR) is 108 cm³/mol. The lowest BCUT2D eigenvalue weighted by atomic mass is 10.1. The molecule has 0 saturated carbocycles. The molecule has 29 heavy (non-hydrogen) atoms. The van der Waals surface area contributed by atoms with Crippen LogP contribution in [0.4, 0.5) is 0 Å². The first-order valence-electron chi connectivity index (χ1n) is 10.3. The molecule has 152 valence electrons. The summed E-state index contributed by atoms with van der Waals surface area (Å²) >= 11 is 0. The van der Waals surface area contributed by atoms with E-state index in [4.69, 9.17) is 14.2 Å². The Morgan fingerprint density at radius 3 is 2.55 bits per heavy atom. The number of amides is 1. The quantitative estimate of drug-likeness (QED) is 0.797. The summed E-state index contributed by atoms with van der Waals surface area (Å²) in [7, 11) is 0. The monoisotopic (exact) mass is 394 g/mol. The first-order valence-corrected chi connectivity index (χ1v) is 10.3. The average molecular weight is 394 g/mol. The number of hydrogen-bond donors (Lipinski definition) is 0. The van der Waals surface area contributed by atoms with Crippen molar-refractivity contribution in [3.63, 3.8) is 0 Å². The van der Waals surface area contributed by atoms with Crippen molar-refractivity contribution in [1.29, 1.82) is 0 Å². The molecule has 0 radical (unpaired) electrons. The van der Waals surface area contributed by atoms with E-state index in [2.05, 4.69) is 29.2 Å². The van der Waals surface area contributed by atoms with Crippen molar-refractivity contribution in [2.75, 3.05) is 32.9 Å². The molecule has 2 fully saturated rings. The molecular weight excluding hydrogens is 368 g/mol. The van der Waals surface area contributed by atoms with E-state index in [0.29, 0.717) is 32.8 Å². The molecule has 2 aromatic carbocycles. The van der Waals surface area contributed by atoms with E-state index in [9.17, 15) is 4.79 Å². The minimum Gasteiger partial charge on any atom is -0.486 e. The zero-order chi connectivity index (χ0) is 19.6. The van der Waals surface area contributed by atoms with Crippen LogP contribution in [0.3, 0.4) is 0 Å². The highest BCUT2D eigenvalue weighted by molar-refractivity contribution is 5.77. The van der Waals surface area contributed by atoms with Crippen molar-refractivity contribution in [3.8, 4) is 11.5 Å². The first-order chi connectivity index (χ1) is 14.3. The maximum absolute atomic E-state index is 12.8. The van der Waals surface area contributed by atoms with Gasteiger partial charge < -0.3 is 19.1 Å². The SMILES string of the molecule is O=C1CCO[C@H]2CN(Cc3ccc4c(c3)OCCO4)C[C@@H]2N1Cc1ccccc1. The number of carbonyl (C=O) groups is 1. The Hall–Kier alpha value is -2.57. The lowest BCUT2D eigenvalue weighted by Gasteiger charge is -2.30. The molecule has 2 saturated heterocycles. The number of carbonyl (C=O) groups excluding carboxylic acids is 1. The first kappa shape index (κ1) is 18.5. The van der Waals surface area contributed by atoms with Gasteiger partial charge in [0, 0.05) is 26.2 Å². The van der Waals surface area contributed by atoms with E-state index in [1.54, 1.807) is 0 Å². The third-order valence-corrected chi connectivity index (χ3v) is 5.89. The molecule has 2 atom stereocenters. The predicted octanol–water partition coefficient (Wildman–Crippen LogP) is 2.46. The fourth-order valence-corrected chi connectivity index (χ4v) is 4.48. The molecule has 0 aromatic heterocycles. The second-order valence-corrected chi connectivity index (χ2v) is 7.91. The van der Waals surface area contributed by atoms with E-state index in [1.165, 1.54) is 5.56 Å². The Morgan fingerprint density at radius 2 is 1.69 bits per heavy atom. The molecule has 5 rings (SSSR count). The van der Waals surface area contributed by atoms with Gasteiger partial charge in [0.15, 0.2) is 11.5 Å². The maximum Gasteiger partial charge on any atom is 0.225 e. The summed E-state index contributed by atoms with van der Waals surface area (Å²) in [5.74, 6) is 1.82. The third kappa shape index (κ3) is 3.95. The molecule has 2 aromatic rings. The summed E-state index contributed by atoms with van der Waals surface area (Å²) in [5.41, 5.74) is 2.35. The summed E-state index contributed by atoms with van der Waals surface area (Å²) in [6, 6.07) is 16.4. The average Bonchev–Trinajstić information content (AvgIpc) is 3.08. The van der Waals surface area contributed by atoms with Gasteiger partial charge in [0.25, 0.3) is 0 Å². The van der Waals surface area contributed by atoms with Crippen molar-refractivity contribution in [2.24, 2.45) is 0 Å². The minimum atomic E-state index is 0.0578. The number of ether oxygens (including phenoxy) is 3. The van der Waals surface area contributed by atoms with Crippen LogP contribution in [0.2, 0.25) is 0 Å². The Bertz CT molecular complexity index is 872. The van der Waals surface area contributed by atoms with E-state index >= 15 is 0 Å². The topological polar surface area (TPSA) is 51.2 Å². The van der Waals surface area contributed by atoms with Crippen molar-refractivity contribution in [3.05, 3.63) is 59.7 Å². The normalized spacial score (nSPS) is 24.3. The van der Waals surface area contributed by atoms with Gasteiger partial charge in [-0.05, 0) is 23.3 Å². The molecule has 0 unspecified atom stereocenters. The zero-order valence-electron chi connectivity index (χ0n) is 16.5. The molecular formula is C23H26N2O4. The van der Waals surface area contributed by atoms with Crippen molar-refractivity contribution in [1.82, 2.24) is 9.80 Å². The van der Waals surface area contributed by atoms with Crippen LogP contribution in [0, 0.1) is 0 Å². The molecule has 1 amide bonds. The van der Waals surface area contributed by atoms with Gasteiger partial charge in [-0.3, -0.25) is 9.69 Å². The molecule has 3 aliphatic rings. The number of rotatable bonds is 4. The second-order valence-electron chi connectivity index (χ2n) is 7.91. The van der Waals surface area contributed by atoms with Gasteiger partial charge in [-0.15, -0.1) is 0 Å². The number of likely N-dealkylation sites (tertiary alicyclic amines) is 1. The van der Waals surface area contributed by atoms with Gasteiger partial charge in [-0.25, -0.2) is 0 Å². The fraction of sp³-hybridized carbons (Fsp3) is 0.435. The van der Waals surface area contributed by atoms with Crippen LogP contribution in [0.1, 0.15) is 17.5 Å². The van der Waals surface area contributed by atoms with Gasteiger partial charge in [-0.1, -0.05) is 36.4 Å². The van der Waals surface area contributed by atoms with Crippen LogP contribution >= 0.6 is 0 Å². The summed E-state index contributed by atoms with van der Waals surface area (Å²) < 4.78 is 17.4. The highest BCUT2D eigenvalue weighted by Gasteiger charge is 2.41. The van der Waals surface area contributed by atoms with E-state index in [-0.39, 0.29) is 18.1 Å². The molecule has 0 bridgehead atoms. The highest BCUT2D eigenvalue weighted by atomic mass is 16.6. The summed E-state index contributed by atoms with van der Waals surface area (Å²) in [4.78, 5) is 17.2. The largest absolute Gasteiger partial charge is 0.486 e. The number of benzene rings is 2. The molecule has 3 aliphatic heterocycles. The standard InChI is InChI=1S/C23H26N2O4/c26-23-8-9-27-22-16-24(13-18-6-7-20-21(12-18)29-11-10-28-20)15-19(22)25(23)14-17-4-2-1-3-5-17/h1-7,12,19,22H,8-11,13-16H2/t19-,22-/m0/s1. The molecule has 6 heteroatoms. The Morgan fingerprint density at radius 1 is 0.862 bits per heavy atom. The Balaban J connectivity index is 1.30. The summed E-state index contributed by atoms with van der Waals surface area (Å²) in [5, 5.41) is 0. The van der Waals surface area contributed by atoms with Crippen LogP contribution in [0.5, 0.6) is 11.5 Å². The number of nitrogens with zero attached hydrogens (tertiary/aromatic N) is 2. The Labute approximate surface area is 171 Å². The molecule has 0 aliphatic carbocycles. The fourth-order valence-electron chi connectivity index (χ4n) is 4.48. The van der Waals surface area contributed by atoms with Crippen LogP contribution in [-0.4, -0.2) is 60.8 Å². The Kier molecular flexibility index (Phi) is 5.12. The third-order valence-electron chi connectivity index (χ3n) is 5.89. The van der Waals surface area contributed by atoms with Crippen molar-refractivity contribution >= 4 is 5.91 Å². The molecule has 3 heterocycles. The van der Waals surface area contributed by atoms with E-state index in [1.807, 2.05) is 29.2 Å². The van der Waals surface area contributed by atoms with Crippen LogP contribution in [0.25, 0.3) is 0 Å². The number of hydrogen-bond acceptors (Lipinski definition) is 5.